The second-order valence-corrected chi connectivity index (χ2v) is 4.02. The van der Waals surface area contributed by atoms with Crippen LogP contribution in [-0.4, -0.2) is 18.0 Å². The molecule has 0 atom stereocenters. The van der Waals surface area contributed by atoms with E-state index in [0.717, 1.165) is 18.4 Å². The fourth-order valence-electron chi connectivity index (χ4n) is 1.98. The zero-order valence-electron chi connectivity index (χ0n) is 8.91. The normalized spacial score (nSPS) is 17.2. The van der Waals surface area contributed by atoms with Gasteiger partial charge in [0.2, 0.25) is 0 Å². The third kappa shape index (κ3) is 1.48. The molecule has 0 radical (unpaired) electrons. The number of Topliss-reactive ketones (excluding diaryl/α,β-unsaturated/α-hetero) is 1. The molecule has 1 saturated carbocycles. The van der Waals surface area contributed by atoms with Crippen molar-refractivity contribution in [3.8, 4) is 11.5 Å². The minimum atomic E-state index is -0.420. The van der Waals surface area contributed by atoms with Crippen molar-refractivity contribution in [2.45, 2.75) is 25.2 Å². The van der Waals surface area contributed by atoms with Crippen molar-refractivity contribution in [3.05, 3.63) is 23.8 Å². The maximum Gasteiger partial charge on any atom is 0.140 e. The van der Waals surface area contributed by atoms with Crippen molar-refractivity contribution in [3.63, 3.8) is 0 Å². The fraction of sp³-hybridized carbons (Fsp3) is 0.417. The molecule has 0 saturated heterocycles. The maximum atomic E-state index is 11.5. The van der Waals surface area contributed by atoms with Crippen LogP contribution in [0.5, 0.6) is 11.5 Å². The van der Waals surface area contributed by atoms with E-state index < -0.39 is 5.41 Å². The molecule has 3 heteroatoms. The molecule has 80 valence electrons. The summed E-state index contributed by atoms with van der Waals surface area (Å²) in [6.07, 6.45) is 1.67. The van der Waals surface area contributed by atoms with Gasteiger partial charge in [0.1, 0.15) is 17.3 Å². The summed E-state index contributed by atoms with van der Waals surface area (Å²) < 4.78 is 5.00. The van der Waals surface area contributed by atoms with E-state index in [1.807, 2.05) is 0 Å². The Morgan fingerprint density at radius 2 is 2.13 bits per heavy atom. The average molecular weight is 206 g/mol. The summed E-state index contributed by atoms with van der Waals surface area (Å²) in [4.78, 5) is 11.5. The standard InChI is InChI=1S/C12H14O3/c1-8(13)12(5-6-12)10-4-3-9(15-2)7-11(10)14/h3-4,7,14H,5-6H2,1-2H3. The fourth-order valence-corrected chi connectivity index (χ4v) is 1.98. The van der Waals surface area contributed by atoms with Crippen LogP contribution in [0.1, 0.15) is 25.3 Å². The molecule has 0 bridgehead atoms. The third-order valence-electron chi connectivity index (χ3n) is 3.14. The van der Waals surface area contributed by atoms with Gasteiger partial charge in [0.05, 0.1) is 12.5 Å². The van der Waals surface area contributed by atoms with Crippen molar-refractivity contribution in [1.82, 2.24) is 0 Å². The first-order valence-corrected chi connectivity index (χ1v) is 4.99. The van der Waals surface area contributed by atoms with Gasteiger partial charge in [0.25, 0.3) is 0 Å². The maximum absolute atomic E-state index is 11.5. The van der Waals surface area contributed by atoms with E-state index in [4.69, 9.17) is 4.74 Å². The van der Waals surface area contributed by atoms with Crippen LogP contribution in [0, 0.1) is 0 Å². The van der Waals surface area contributed by atoms with Crippen molar-refractivity contribution in [2.75, 3.05) is 7.11 Å². The minimum absolute atomic E-state index is 0.128. The van der Waals surface area contributed by atoms with Crippen molar-refractivity contribution >= 4 is 5.78 Å². The SMILES string of the molecule is COc1ccc(C2(C(C)=O)CC2)c(O)c1. The number of hydrogen-bond acceptors (Lipinski definition) is 3. The number of ketones is 1. The Balaban J connectivity index is 2.42. The number of carbonyl (C=O) groups excluding carboxylic acids is 1. The summed E-state index contributed by atoms with van der Waals surface area (Å²) >= 11 is 0. The van der Waals surface area contributed by atoms with Gasteiger partial charge in [-0.2, -0.15) is 0 Å². The molecule has 1 aromatic carbocycles. The van der Waals surface area contributed by atoms with Crippen LogP contribution < -0.4 is 4.74 Å². The van der Waals surface area contributed by atoms with Crippen molar-refractivity contribution in [1.29, 1.82) is 0 Å². The zero-order chi connectivity index (χ0) is 11.1. The second kappa shape index (κ2) is 3.26. The Bertz CT molecular complexity index is 405. The lowest BCUT2D eigenvalue weighted by Crippen LogP contribution is -2.16. The number of carbonyl (C=O) groups is 1. The molecule has 0 unspecified atom stereocenters. The topological polar surface area (TPSA) is 46.5 Å². The summed E-state index contributed by atoms with van der Waals surface area (Å²) in [6, 6.07) is 5.11. The predicted molar refractivity (Wildman–Crippen MR) is 56.3 cm³/mol. The van der Waals surface area contributed by atoms with Gasteiger partial charge in [-0.3, -0.25) is 4.79 Å². The Labute approximate surface area is 88.7 Å². The molecule has 1 aliphatic carbocycles. The highest BCUT2D eigenvalue weighted by atomic mass is 16.5. The van der Waals surface area contributed by atoms with Gasteiger partial charge < -0.3 is 9.84 Å². The average Bonchev–Trinajstić information content (AvgIpc) is 2.98. The molecule has 0 aromatic heterocycles. The molecule has 1 aliphatic rings. The lowest BCUT2D eigenvalue weighted by molar-refractivity contribution is -0.119. The van der Waals surface area contributed by atoms with Gasteiger partial charge in [0.15, 0.2) is 0 Å². The largest absolute Gasteiger partial charge is 0.507 e. The molecule has 1 N–H and O–H groups in total. The first-order valence-electron chi connectivity index (χ1n) is 4.99. The number of rotatable bonds is 3. The first kappa shape index (κ1) is 10.0. The molecule has 1 aromatic rings. The molecular formula is C12H14O3. The minimum Gasteiger partial charge on any atom is -0.507 e. The van der Waals surface area contributed by atoms with Crippen LogP contribution in [0.15, 0.2) is 18.2 Å². The number of phenols is 1. The summed E-state index contributed by atoms with van der Waals surface area (Å²) in [5, 5.41) is 9.81. The lowest BCUT2D eigenvalue weighted by atomic mass is 9.91. The van der Waals surface area contributed by atoms with Gasteiger partial charge in [-0.25, -0.2) is 0 Å². The number of benzene rings is 1. The van der Waals surface area contributed by atoms with E-state index in [1.54, 1.807) is 32.2 Å². The molecule has 0 amide bonds. The second-order valence-electron chi connectivity index (χ2n) is 4.02. The monoisotopic (exact) mass is 206 g/mol. The van der Waals surface area contributed by atoms with Crippen LogP contribution in [0.25, 0.3) is 0 Å². The molecule has 15 heavy (non-hydrogen) atoms. The van der Waals surface area contributed by atoms with Crippen LogP contribution in [0.4, 0.5) is 0 Å². The van der Waals surface area contributed by atoms with Gasteiger partial charge in [-0.15, -0.1) is 0 Å². The van der Waals surface area contributed by atoms with Gasteiger partial charge in [-0.05, 0) is 25.8 Å². The van der Waals surface area contributed by atoms with Crippen LogP contribution >= 0.6 is 0 Å². The predicted octanol–water partition coefficient (Wildman–Crippen LogP) is 2.02. The van der Waals surface area contributed by atoms with E-state index in [0.29, 0.717) is 5.75 Å². The molecule has 1 fully saturated rings. The van der Waals surface area contributed by atoms with E-state index in [9.17, 15) is 9.90 Å². The summed E-state index contributed by atoms with van der Waals surface area (Å²) in [5.74, 6) is 0.889. The van der Waals surface area contributed by atoms with Gasteiger partial charge in [0, 0.05) is 11.6 Å². The Kier molecular flexibility index (Phi) is 2.18. The van der Waals surface area contributed by atoms with E-state index in [1.165, 1.54) is 0 Å². The smallest absolute Gasteiger partial charge is 0.140 e. The Morgan fingerprint density at radius 1 is 1.47 bits per heavy atom. The van der Waals surface area contributed by atoms with Gasteiger partial charge >= 0.3 is 0 Å². The van der Waals surface area contributed by atoms with Crippen LogP contribution in [-0.2, 0) is 10.2 Å². The molecule has 0 heterocycles. The summed E-state index contributed by atoms with van der Waals surface area (Å²) in [5.41, 5.74) is 0.312. The third-order valence-corrected chi connectivity index (χ3v) is 3.14. The van der Waals surface area contributed by atoms with Crippen LogP contribution in [0.2, 0.25) is 0 Å². The van der Waals surface area contributed by atoms with E-state index in [-0.39, 0.29) is 11.5 Å². The molecule has 0 aliphatic heterocycles. The summed E-state index contributed by atoms with van der Waals surface area (Å²) in [6.45, 7) is 1.58. The molecular weight excluding hydrogens is 192 g/mol. The lowest BCUT2D eigenvalue weighted by Gasteiger charge is -2.14. The van der Waals surface area contributed by atoms with Crippen molar-refractivity contribution in [2.24, 2.45) is 0 Å². The number of hydrogen-bond donors (Lipinski definition) is 1. The zero-order valence-corrected chi connectivity index (χ0v) is 8.91. The summed E-state index contributed by atoms with van der Waals surface area (Å²) in [7, 11) is 1.55. The highest BCUT2D eigenvalue weighted by Gasteiger charge is 2.50. The quantitative estimate of drug-likeness (QED) is 0.823. The van der Waals surface area contributed by atoms with E-state index in [2.05, 4.69) is 0 Å². The Morgan fingerprint density at radius 3 is 2.53 bits per heavy atom. The number of methoxy groups -OCH3 is 1. The number of aromatic hydroxyl groups is 1. The molecule has 0 spiro atoms. The Hall–Kier alpha value is -1.51. The highest BCUT2D eigenvalue weighted by molar-refractivity contribution is 5.91. The molecule has 2 rings (SSSR count). The van der Waals surface area contributed by atoms with Gasteiger partial charge in [-0.1, -0.05) is 6.07 Å². The number of phenolic OH excluding ortho intramolecular Hbond substituents is 1. The van der Waals surface area contributed by atoms with E-state index >= 15 is 0 Å². The number of ether oxygens (including phenoxy) is 1. The highest BCUT2D eigenvalue weighted by Crippen LogP contribution is 2.52. The van der Waals surface area contributed by atoms with Crippen molar-refractivity contribution < 1.29 is 14.6 Å². The first-order chi connectivity index (χ1) is 7.10. The molecule has 3 nitrogen and oxygen atoms in total. The van der Waals surface area contributed by atoms with Crippen LogP contribution in [0.3, 0.4) is 0 Å².